The summed E-state index contributed by atoms with van der Waals surface area (Å²) in [5.74, 6) is 2.51. The topological polar surface area (TPSA) is 174 Å². The van der Waals surface area contributed by atoms with Gasteiger partial charge in [-0.25, -0.2) is 0 Å². The van der Waals surface area contributed by atoms with E-state index in [0.29, 0.717) is 23.7 Å². The van der Waals surface area contributed by atoms with E-state index in [2.05, 4.69) is 26.0 Å². The van der Waals surface area contributed by atoms with E-state index in [4.69, 9.17) is 29.3 Å². The Morgan fingerprint density at radius 2 is 0.926 bits per heavy atom. The van der Waals surface area contributed by atoms with E-state index in [1.165, 1.54) is 49.7 Å². The molecule has 0 saturated heterocycles. The molecule has 6 fully saturated rings. The standard InChI is InChI=1S/2C20H32O3.2C2H4O2/c2*1-19-9-8-17-15(16(19)5-6-18(19)22)4-3-13-11-14(21)7-10-20(13,17)12-23-2;2*1-2(3)4/h2*11,14-18,21-22H,3-10,12H2,1-2H3;2*1H3,(H,3,4)/t2*14-,15-,16-,17-,18-,19-,20+;;/m00../s1. The molecule has 10 heteroatoms. The van der Waals surface area contributed by atoms with E-state index < -0.39 is 11.9 Å². The van der Waals surface area contributed by atoms with Crippen LogP contribution in [-0.2, 0) is 19.1 Å². The van der Waals surface area contributed by atoms with Gasteiger partial charge < -0.3 is 40.1 Å². The van der Waals surface area contributed by atoms with E-state index >= 15 is 0 Å². The minimum atomic E-state index is -0.833. The van der Waals surface area contributed by atoms with Crippen LogP contribution >= 0.6 is 0 Å². The highest BCUT2D eigenvalue weighted by Gasteiger charge is 2.61. The van der Waals surface area contributed by atoms with Crippen LogP contribution in [0.1, 0.15) is 130 Å². The maximum atomic E-state index is 10.5. The molecule has 6 saturated carbocycles. The van der Waals surface area contributed by atoms with Gasteiger partial charge in [0.2, 0.25) is 0 Å². The van der Waals surface area contributed by atoms with E-state index in [0.717, 1.165) is 103 Å². The summed E-state index contributed by atoms with van der Waals surface area (Å²) in [6.07, 6.45) is 21.3. The van der Waals surface area contributed by atoms with Crippen LogP contribution in [0.5, 0.6) is 0 Å². The van der Waals surface area contributed by atoms with Gasteiger partial charge in [0, 0.05) is 38.9 Å². The second-order valence-electron chi connectivity index (χ2n) is 18.9. The fourth-order valence-electron chi connectivity index (χ4n) is 14.0. The van der Waals surface area contributed by atoms with Crippen molar-refractivity contribution in [3.8, 4) is 0 Å². The second-order valence-corrected chi connectivity index (χ2v) is 18.9. The predicted octanol–water partition coefficient (Wildman–Crippen LogP) is 6.78. The molecule has 8 rings (SSSR count). The molecule has 8 aliphatic rings. The predicted molar refractivity (Wildman–Crippen MR) is 206 cm³/mol. The molecule has 0 aromatic heterocycles. The van der Waals surface area contributed by atoms with Crippen molar-refractivity contribution in [1.29, 1.82) is 0 Å². The van der Waals surface area contributed by atoms with Crippen LogP contribution in [0, 0.1) is 57.2 Å². The molecule has 6 N–H and O–H groups in total. The number of carboxylic acids is 2. The number of aliphatic hydroxyl groups is 4. The average Bonchev–Trinajstić information content (AvgIpc) is 3.59. The first kappa shape index (κ1) is 43.3. The van der Waals surface area contributed by atoms with Gasteiger partial charge in [-0.3, -0.25) is 9.59 Å². The Labute approximate surface area is 323 Å². The van der Waals surface area contributed by atoms with Crippen LogP contribution in [0.3, 0.4) is 0 Å². The summed E-state index contributed by atoms with van der Waals surface area (Å²) >= 11 is 0. The van der Waals surface area contributed by atoms with Crippen molar-refractivity contribution in [3.05, 3.63) is 23.3 Å². The Morgan fingerprint density at radius 1 is 0.574 bits per heavy atom. The maximum Gasteiger partial charge on any atom is 0.300 e. The summed E-state index contributed by atoms with van der Waals surface area (Å²) in [5.41, 5.74) is 3.55. The van der Waals surface area contributed by atoms with E-state index in [9.17, 15) is 20.4 Å². The third kappa shape index (κ3) is 8.13. The molecule has 8 aliphatic carbocycles. The summed E-state index contributed by atoms with van der Waals surface area (Å²) in [5, 5.41) is 56.1. The van der Waals surface area contributed by atoms with Crippen molar-refractivity contribution in [2.75, 3.05) is 27.4 Å². The van der Waals surface area contributed by atoms with Crippen molar-refractivity contribution in [2.45, 2.75) is 155 Å². The number of aliphatic hydroxyl groups excluding tert-OH is 4. The summed E-state index contributed by atoms with van der Waals surface area (Å²) in [4.78, 5) is 18.0. The number of fused-ring (bicyclic) bond motifs is 10. The van der Waals surface area contributed by atoms with Crippen LogP contribution in [0.4, 0.5) is 0 Å². The third-order valence-corrected chi connectivity index (χ3v) is 16.3. The van der Waals surface area contributed by atoms with Crippen molar-refractivity contribution in [3.63, 3.8) is 0 Å². The van der Waals surface area contributed by atoms with Gasteiger partial charge >= 0.3 is 0 Å². The van der Waals surface area contributed by atoms with Gasteiger partial charge in [0.15, 0.2) is 0 Å². The summed E-state index contributed by atoms with van der Waals surface area (Å²) in [6, 6.07) is 0. The molecule has 0 radical (unpaired) electrons. The first-order chi connectivity index (χ1) is 25.5. The van der Waals surface area contributed by atoms with Gasteiger partial charge in [-0.1, -0.05) is 37.1 Å². The number of ether oxygens (including phenoxy) is 2. The molecular formula is C44H72O10. The zero-order valence-corrected chi connectivity index (χ0v) is 34.0. The number of carboxylic acid groups (broad SMARTS) is 2. The Morgan fingerprint density at radius 3 is 1.26 bits per heavy atom. The fourth-order valence-corrected chi connectivity index (χ4v) is 14.0. The third-order valence-electron chi connectivity index (χ3n) is 16.3. The molecule has 0 spiro atoms. The highest BCUT2D eigenvalue weighted by Crippen LogP contribution is 2.67. The van der Waals surface area contributed by atoms with E-state index in [1.807, 2.05) is 14.2 Å². The minimum Gasteiger partial charge on any atom is -0.481 e. The van der Waals surface area contributed by atoms with Crippen molar-refractivity contribution in [2.24, 2.45) is 57.2 Å². The first-order valence-electron chi connectivity index (χ1n) is 21.0. The van der Waals surface area contributed by atoms with E-state index in [1.54, 1.807) is 0 Å². The SMILES string of the molecule is CC(=O)O.CC(=O)O.COC[C@]12CC[C@H](O)C=C1CC[C@@H]1[C@@H]2CC[C@]2(C)[C@@H](O)CC[C@@H]12.COC[C@]12CC[C@H](O)C=C1CC[C@@H]1[C@@H]2CC[C@]2(C)[C@@H](O)CC[C@@H]12. The van der Waals surface area contributed by atoms with Crippen LogP contribution in [0.25, 0.3) is 0 Å². The number of carbonyl (C=O) groups is 2. The lowest BCUT2D eigenvalue weighted by Gasteiger charge is -2.59. The number of hydrogen-bond acceptors (Lipinski definition) is 8. The second kappa shape index (κ2) is 17.4. The molecule has 54 heavy (non-hydrogen) atoms. The van der Waals surface area contributed by atoms with Crippen molar-refractivity contribution < 1.29 is 49.7 Å². The van der Waals surface area contributed by atoms with Gasteiger partial charge in [0.05, 0.1) is 37.6 Å². The van der Waals surface area contributed by atoms with Crippen LogP contribution in [0.15, 0.2) is 23.3 Å². The van der Waals surface area contributed by atoms with Crippen LogP contribution in [-0.4, -0.2) is 94.4 Å². The molecule has 0 amide bonds. The molecule has 308 valence electrons. The molecule has 0 aromatic carbocycles. The van der Waals surface area contributed by atoms with E-state index in [-0.39, 0.29) is 46.1 Å². The van der Waals surface area contributed by atoms with Gasteiger partial charge in [-0.15, -0.1) is 0 Å². The molecule has 0 aliphatic heterocycles. The van der Waals surface area contributed by atoms with Crippen LogP contribution < -0.4 is 0 Å². The highest BCUT2D eigenvalue weighted by molar-refractivity contribution is 5.63. The van der Waals surface area contributed by atoms with Gasteiger partial charge in [0.1, 0.15) is 0 Å². The first-order valence-corrected chi connectivity index (χ1v) is 21.0. The molecule has 0 bridgehead atoms. The molecule has 0 aromatic rings. The Bertz CT molecular complexity index is 1270. The lowest BCUT2D eigenvalue weighted by molar-refractivity contribution is -0.135. The lowest BCUT2D eigenvalue weighted by atomic mass is 9.47. The summed E-state index contributed by atoms with van der Waals surface area (Å²) in [6.45, 7) is 8.45. The fraction of sp³-hybridized carbons (Fsp3) is 0.864. The molecule has 0 unspecified atom stereocenters. The Balaban J connectivity index is 0.000000174. The molecule has 10 nitrogen and oxygen atoms in total. The number of rotatable bonds is 4. The number of methoxy groups -OCH3 is 2. The van der Waals surface area contributed by atoms with Gasteiger partial charge in [-0.2, -0.15) is 0 Å². The lowest BCUT2D eigenvalue weighted by Crippen LogP contribution is -2.53. The quantitative estimate of drug-likeness (QED) is 0.168. The van der Waals surface area contributed by atoms with Crippen molar-refractivity contribution in [1.82, 2.24) is 0 Å². The molecule has 0 heterocycles. The zero-order valence-electron chi connectivity index (χ0n) is 34.0. The number of hydrogen-bond donors (Lipinski definition) is 6. The highest BCUT2D eigenvalue weighted by atomic mass is 16.5. The summed E-state index contributed by atoms with van der Waals surface area (Å²) in [7, 11) is 3.65. The largest absolute Gasteiger partial charge is 0.481 e. The molecular weight excluding hydrogens is 688 g/mol. The van der Waals surface area contributed by atoms with Gasteiger partial charge in [-0.05, 0) is 149 Å². The number of aliphatic carboxylic acids is 2. The smallest absolute Gasteiger partial charge is 0.300 e. The monoisotopic (exact) mass is 761 g/mol. The Kier molecular flexibility index (Phi) is 13.9. The minimum absolute atomic E-state index is 0.100. The summed E-state index contributed by atoms with van der Waals surface area (Å²) < 4.78 is 11.4. The zero-order chi connectivity index (χ0) is 39.6. The Hall–Kier alpha value is -1.82. The van der Waals surface area contributed by atoms with Gasteiger partial charge in [0.25, 0.3) is 11.9 Å². The van der Waals surface area contributed by atoms with Crippen LogP contribution in [0.2, 0.25) is 0 Å². The average molecular weight is 761 g/mol. The normalized spacial score (nSPS) is 45.5. The van der Waals surface area contributed by atoms with Crippen molar-refractivity contribution >= 4 is 11.9 Å². The maximum absolute atomic E-state index is 10.5. The molecule has 14 atom stereocenters.